The first-order chi connectivity index (χ1) is 15.3. The molecule has 0 amide bonds. The molecule has 0 nitrogen and oxygen atoms in total. The third kappa shape index (κ3) is 14.8. The van der Waals surface area contributed by atoms with Crippen molar-refractivity contribution in [2.45, 2.75) is 125 Å². The maximum absolute atomic E-state index is 6.20. The Bertz CT molecular complexity index is 729. The summed E-state index contributed by atoms with van der Waals surface area (Å²) < 4.78 is 0. The van der Waals surface area contributed by atoms with Gasteiger partial charge < -0.3 is 0 Å². The van der Waals surface area contributed by atoms with Crippen molar-refractivity contribution < 1.29 is 0 Å². The number of benzene rings is 1. The fourth-order valence-electron chi connectivity index (χ4n) is 5.07. The minimum atomic E-state index is -0.402. The van der Waals surface area contributed by atoms with Gasteiger partial charge in [0, 0.05) is 5.33 Å². The Labute approximate surface area is 232 Å². The first-order valence-electron chi connectivity index (χ1n) is 13.0. The van der Waals surface area contributed by atoms with E-state index >= 15 is 0 Å². The fourth-order valence-corrected chi connectivity index (χ4v) is 5.34. The van der Waals surface area contributed by atoms with Gasteiger partial charge in [-0.2, -0.15) is 0 Å². The minimum Gasteiger partial charge on any atom is -0.0883 e. The molecule has 0 N–H and O–H groups in total. The molecule has 1 aromatic rings. The average molecular weight is 537 g/mol. The van der Waals surface area contributed by atoms with Crippen LogP contribution >= 0.6 is 15.9 Å². The molecule has 35 heavy (non-hydrogen) atoms. The van der Waals surface area contributed by atoms with Gasteiger partial charge in [0.2, 0.25) is 0 Å². The number of hydrogen-bond donors (Lipinski definition) is 0. The molecule has 0 bridgehead atoms. The highest BCUT2D eigenvalue weighted by atomic mass is 79.9. The Balaban J connectivity index is 0.000000662. The zero-order valence-electron chi connectivity index (χ0n) is 25.3. The summed E-state index contributed by atoms with van der Waals surface area (Å²) in [6.45, 7) is 28.5. The highest BCUT2D eigenvalue weighted by molar-refractivity contribution is 9.09. The van der Waals surface area contributed by atoms with Crippen LogP contribution in [0.3, 0.4) is 0 Å². The Morgan fingerprint density at radius 3 is 1.17 bits per heavy atom. The predicted molar refractivity (Wildman–Crippen MR) is 167 cm³/mol. The molecule has 4 heteroatoms. The van der Waals surface area contributed by atoms with E-state index in [0.29, 0.717) is 16.2 Å². The molecule has 0 unspecified atom stereocenters. The Kier molecular flexibility index (Phi) is 12.3. The molecule has 0 aliphatic rings. The van der Waals surface area contributed by atoms with Crippen LogP contribution in [-0.2, 0) is 15.9 Å². The highest BCUT2D eigenvalue weighted by Gasteiger charge is 2.31. The first kappa shape index (κ1) is 34.6. The molecule has 1 aromatic carbocycles. The van der Waals surface area contributed by atoms with Crippen LogP contribution in [0.5, 0.6) is 0 Å². The smallest absolute Gasteiger partial charge is 0.0802 e. The largest absolute Gasteiger partial charge is 0.0883 e. The summed E-state index contributed by atoms with van der Waals surface area (Å²) in [6.07, 6.45) is 8.25. The van der Waals surface area contributed by atoms with Gasteiger partial charge in [-0.3, -0.25) is 0 Å². The molecule has 0 aliphatic carbocycles. The van der Waals surface area contributed by atoms with Gasteiger partial charge in [-0.05, 0) is 51.5 Å². The van der Waals surface area contributed by atoms with Crippen LogP contribution in [0, 0.1) is 16.2 Å². The zero-order valence-corrected chi connectivity index (χ0v) is 26.9. The summed E-state index contributed by atoms with van der Waals surface area (Å²) in [7, 11) is 18.6. The predicted octanol–water partition coefficient (Wildman–Crippen LogP) is 9.10. The van der Waals surface area contributed by atoms with Gasteiger partial charge in [0.05, 0.1) is 23.5 Å². The van der Waals surface area contributed by atoms with E-state index in [1.807, 2.05) is 41.5 Å². The average Bonchev–Trinajstić information content (AvgIpc) is 2.56. The lowest BCUT2D eigenvalue weighted by molar-refractivity contribution is 0.134. The summed E-state index contributed by atoms with van der Waals surface area (Å²) in [5.74, 6) is 0. The number of rotatable bonds is 9. The lowest BCUT2D eigenvalue weighted by atomic mass is 9.60. The summed E-state index contributed by atoms with van der Waals surface area (Å²) in [5.41, 5.74) is 4.43. The van der Waals surface area contributed by atoms with Crippen molar-refractivity contribution in [3.05, 3.63) is 47.0 Å². The van der Waals surface area contributed by atoms with Crippen LogP contribution < -0.4 is 0 Å². The van der Waals surface area contributed by atoms with E-state index in [1.54, 1.807) is 0 Å². The summed E-state index contributed by atoms with van der Waals surface area (Å²) in [4.78, 5) is 0. The van der Waals surface area contributed by atoms with E-state index < -0.39 is 15.9 Å². The lowest BCUT2D eigenvalue weighted by Crippen LogP contribution is -2.27. The van der Waals surface area contributed by atoms with Crippen molar-refractivity contribution in [3.63, 3.8) is 0 Å². The van der Waals surface area contributed by atoms with E-state index in [2.05, 4.69) is 94.7 Å². The van der Waals surface area contributed by atoms with Crippen LogP contribution in [0.4, 0.5) is 0 Å². The van der Waals surface area contributed by atoms with Gasteiger partial charge in [0.1, 0.15) is 0 Å². The second kappa shape index (κ2) is 12.5. The third-order valence-electron chi connectivity index (χ3n) is 6.06. The van der Waals surface area contributed by atoms with Crippen molar-refractivity contribution in [3.8, 4) is 0 Å². The molecule has 0 saturated carbocycles. The van der Waals surface area contributed by atoms with Gasteiger partial charge in [0.15, 0.2) is 0 Å². The van der Waals surface area contributed by atoms with E-state index in [1.165, 1.54) is 19.3 Å². The first-order valence-corrected chi connectivity index (χ1v) is 14.2. The van der Waals surface area contributed by atoms with Crippen LogP contribution in [0.15, 0.2) is 30.4 Å². The standard InChI is InChI=1S/C16H31Br.C15H21B3/c1-14(2,3)12-16(6,7)13-15(4,5)10-8-9-11-17;1-13(2,16)10-7-11(14(3,4)17)9-12(8-10)15(5,6)18/h8-9H,10-13H2,1-7H3;7-9H,1-6H3/b9-8+;. The second-order valence-electron chi connectivity index (χ2n) is 15.0. The van der Waals surface area contributed by atoms with Gasteiger partial charge in [-0.15, -0.1) is 0 Å². The maximum Gasteiger partial charge on any atom is 0.0802 e. The molecule has 0 saturated heterocycles. The van der Waals surface area contributed by atoms with Gasteiger partial charge in [-0.1, -0.05) is 153 Å². The second-order valence-corrected chi connectivity index (χ2v) is 15.7. The molecule has 0 atom stereocenters. The summed E-state index contributed by atoms with van der Waals surface area (Å²) >= 11 is 3.43. The number of halogens is 1. The van der Waals surface area contributed by atoms with Gasteiger partial charge in [0.25, 0.3) is 0 Å². The monoisotopic (exact) mass is 536 g/mol. The normalized spacial score (nSPS) is 14.1. The molecule has 0 aliphatic heterocycles. The maximum atomic E-state index is 6.20. The quantitative estimate of drug-likeness (QED) is 0.168. The summed E-state index contributed by atoms with van der Waals surface area (Å²) in [5, 5.41) is -0.238. The van der Waals surface area contributed by atoms with Crippen LogP contribution in [0.1, 0.15) is 126 Å². The van der Waals surface area contributed by atoms with Gasteiger partial charge >= 0.3 is 0 Å². The van der Waals surface area contributed by atoms with Crippen LogP contribution in [-0.4, -0.2) is 28.9 Å². The van der Waals surface area contributed by atoms with Crippen LogP contribution in [0.2, 0.25) is 0 Å². The Hall–Kier alpha value is -0.365. The van der Waals surface area contributed by atoms with Crippen molar-refractivity contribution >= 4 is 39.5 Å². The van der Waals surface area contributed by atoms with Crippen molar-refractivity contribution in [1.29, 1.82) is 0 Å². The Morgan fingerprint density at radius 1 is 0.571 bits per heavy atom. The molecule has 192 valence electrons. The topological polar surface area (TPSA) is 0 Å². The van der Waals surface area contributed by atoms with Crippen molar-refractivity contribution in [1.82, 2.24) is 0 Å². The number of alkyl halides is 1. The fraction of sp³-hybridized carbons (Fsp3) is 0.742. The lowest BCUT2D eigenvalue weighted by Gasteiger charge is -2.38. The minimum absolute atomic E-state index is 0.396. The van der Waals surface area contributed by atoms with E-state index in [9.17, 15) is 0 Å². The molecular formula is C31H52B3Br. The molecule has 0 heterocycles. The van der Waals surface area contributed by atoms with Gasteiger partial charge in [-0.25, -0.2) is 0 Å². The molecule has 0 spiro atoms. The van der Waals surface area contributed by atoms with E-state index in [0.717, 1.165) is 22.0 Å². The SMILES string of the molecule is CC(C)(C)CC(C)(C)CC(C)(C)C/C=C/CBr.[B]C(C)(C)c1cc(C([B])(C)C)cc(C([B])(C)C)c1. The number of hydrogen-bond acceptors (Lipinski definition) is 0. The molecule has 0 fully saturated rings. The van der Waals surface area contributed by atoms with Crippen LogP contribution in [0.25, 0.3) is 0 Å². The zero-order chi connectivity index (χ0) is 28.1. The molecule has 6 radical (unpaired) electrons. The van der Waals surface area contributed by atoms with Crippen molar-refractivity contribution in [2.75, 3.05) is 5.33 Å². The van der Waals surface area contributed by atoms with Crippen molar-refractivity contribution in [2.24, 2.45) is 16.2 Å². The molecule has 1 rings (SSSR count). The van der Waals surface area contributed by atoms with E-state index in [-0.39, 0.29) is 0 Å². The molecular weight excluding hydrogens is 485 g/mol. The molecule has 0 aromatic heterocycles. The third-order valence-corrected chi connectivity index (χ3v) is 6.43. The highest BCUT2D eigenvalue weighted by Crippen LogP contribution is 2.43. The number of allylic oxidation sites excluding steroid dienone is 2. The summed E-state index contributed by atoms with van der Waals surface area (Å²) in [6, 6.07) is 6.24. The Morgan fingerprint density at radius 2 is 0.914 bits per heavy atom. The van der Waals surface area contributed by atoms with E-state index in [4.69, 9.17) is 23.5 Å².